The largest absolute Gasteiger partial charge is 0.479 e. The van der Waals surface area contributed by atoms with Gasteiger partial charge < -0.3 is 19.5 Å². The standard InChI is InChI=1S/C32H25FN6O5S/c1-35-31(40)27-22-13-21(25(39(2)45(4,41)42)14-26(22)44-30(27)17-8-10-20(33)11-9-17)24-16-36-32(43-3)29(38-24)23-12-18-6-5-7-19(15-34)28(18)37-23/h5-14,16,37H,1-4H3,(H,35,40). The molecule has 0 aliphatic heterocycles. The number of aromatic amines is 1. The highest BCUT2D eigenvalue weighted by Gasteiger charge is 2.27. The van der Waals surface area contributed by atoms with Gasteiger partial charge in [0.1, 0.15) is 28.9 Å². The second-order valence-electron chi connectivity index (χ2n) is 10.2. The lowest BCUT2D eigenvalue weighted by Crippen LogP contribution is -2.25. The average molecular weight is 625 g/mol. The monoisotopic (exact) mass is 624 g/mol. The van der Waals surface area contributed by atoms with Crippen LogP contribution in [0.4, 0.5) is 10.1 Å². The van der Waals surface area contributed by atoms with Gasteiger partial charge in [-0.15, -0.1) is 0 Å². The first kappa shape index (κ1) is 29.3. The van der Waals surface area contributed by atoms with Crippen molar-refractivity contribution in [3.63, 3.8) is 0 Å². The number of hydrogen-bond acceptors (Lipinski definition) is 8. The van der Waals surface area contributed by atoms with Crippen molar-refractivity contribution in [3.8, 4) is 45.9 Å². The van der Waals surface area contributed by atoms with Gasteiger partial charge in [-0.1, -0.05) is 12.1 Å². The smallest absolute Gasteiger partial charge is 0.255 e. The molecule has 6 rings (SSSR count). The number of nitrogens with one attached hydrogen (secondary N) is 2. The molecule has 3 aromatic heterocycles. The highest BCUT2D eigenvalue weighted by atomic mass is 32.2. The summed E-state index contributed by atoms with van der Waals surface area (Å²) >= 11 is 0. The van der Waals surface area contributed by atoms with Crippen LogP contribution < -0.4 is 14.4 Å². The number of hydrogen-bond donors (Lipinski definition) is 2. The minimum atomic E-state index is -3.78. The van der Waals surface area contributed by atoms with Crippen molar-refractivity contribution < 1.29 is 26.8 Å². The molecule has 0 spiro atoms. The summed E-state index contributed by atoms with van der Waals surface area (Å²) in [6.45, 7) is 0. The van der Waals surface area contributed by atoms with Crippen LogP contribution in [-0.2, 0) is 10.0 Å². The average Bonchev–Trinajstić information content (AvgIpc) is 3.64. The maximum atomic E-state index is 13.7. The van der Waals surface area contributed by atoms with Crippen molar-refractivity contribution in [2.75, 3.05) is 31.8 Å². The highest BCUT2D eigenvalue weighted by molar-refractivity contribution is 7.92. The van der Waals surface area contributed by atoms with Gasteiger partial charge in [-0.2, -0.15) is 5.26 Å². The molecule has 0 radical (unpaired) electrons. The molecule has 6 aromatic rings. The summed E-state index contributed by atoms with van der Waals surface area (Å²) in [5.74, 6) is -0.544. The molecule has 0 aliphatic carbocycles. The number of fused-ring (bicyclic) bond motifs is 2. The Hall–Kier alpha value is -5.74. The number of aromatic nitrogens is 3. The van der Waals surface area contributed by atoms with Gasteiger partial charge >= 0.3 is 0 Å². The van der Waals surface area contributed by atoms with E-state index in [4.69, 9.17) is 14.1 Å². The van der Waals surface area contributed by atoms with Crippen LogP contribution in [-0.4, -0.2) is 56.7 Å². The summed E-state index contributed by atoms with van der Waals surface area (Å²) in [7, 11) is 0.538. The molecule has 1 amide bonds. The number of carbonyl (C=O) groups excluding carboxylic acids is 1. The molecule has 0 unspecified atom stereocenters. The quantitative estimate of drug-likeness (QED) is 0.237. The Kier molecular flexibility index (Phi) is 7.22. The molecule has 0 fully saturated rings. The third-order valence-electron chi connectivity index (χ3n) is 7.44. The Bertz CT molecular complexity index is 2290. The van der Waals surface area contributed by atoms with Crippen LogP contribution in [0.25, 0.3) is 55.8 Å². The molecule has 0 aliphatic rings. The molecular weight excluding hydrogens is 599 g/mol. The molecule has 3 heterocycles. The number of amides is 1. The van der Waals surface area contributed by atoms with Crippen molar-refractivity contribution in [1.29, 1.82) is 5.26 Å². The van der Waals surface area contributed by atoms with E-state index in [1.165, 1.54) is 57.7 Å². The van der Waals surface area contributed by atoms with E-state index in [0.29, 0.717) is 39.0 Å². The van der Waals surface area contributed by atoms with Crippen molar-refractivity contribution in [1.82, 2.24) is 20.3 Å². The zero-order chi connectivity index (χ0) is 32.0. The number of carbonyl (C=O) groups is 1. The zero-order valence-electron chi connectivity index (χ0n) is 24.5. The summed E-state index contributed by atoms with van der Waals surface area (Å²) in [5.41, 5.74) is 3.56. The second kappa shape index (κ2) is 11.1. The number of methoxy groups -OCH3 is 1. The first-order valence-corrected chi connectivity index (χ1v) is 15.3. The van der Waals surface area contributed by atoms with Crippen LogP contribution in [0.1, 0.15) is 15.9 Å². The minimum absolute atomic E-state index is 0.176. The highest BCUT2D eigenvalue weighted by Crippen LogP contribution is 2.42. The fourth-order valence-corrected chi connectivity index (χ4v) is 5.65. The fraction of sp³-hybridized carbons (Fsp3) is 0.125. The molecule has 45 heavy (non-hydrogen) atoms. The first-order valence-electron chi connectivity index (χ1n) is 13.5. The van der Waals surface area contributed by atoms with Gasteiger partial charge in [-0.05, 0) is 42.5 Å². The lowest BCUT2D eigenvalue weighted by molar-refractivity contribution is 0.0964. The van der Waals surface area contributed by atoms with Crippen LogP contribution in [0.5, 0.6) is 5.88 Å². The number of nitriles is 1. The molecule has 2 N–H and O–H groups in total. The Morgan fingerprint density at radius 3 is 2.58 bits per heavy atom. The molecule has 0 saturated heterocycles. The normalized spacial score (nSPS) is 11.5. The Balaban J connectivity index is 1.64. The number of para-hydroxylation sites is 1. The van der Waals surface area contributed by atoms with E-state index in [0.717, 1.165) is 15.9 Å². The molecule has 0 bridgehead atoms. The Morgan fingerprint density at radius 2 is 1.91 bits per heavy atom. The molecular formula is C32H25FN6O5S. The van der Waals surface area contributed by atoms with E-state index in [1.54, 1.807) is 18.2 Å². The number of anilines is 1. The van der Waals surface area contributed by atoms with Crippen LogP contribution in [0.15, 0.2) is 71.3 Å². The van der Waals surface area contributed by atoms with Crippen LogP contribution >= 0.6 is 0 Å². The molecule has 13 heteroatoms. The van der Waals surface area contributed by atoms with Gasteiger partial charge in [0.05, 0.1) is 53.3 Å². The van der Waals surface area contributed by atoms with E-state index in [1.807, 2.05) is 12.1 Å². The molecule has 0 saturated carbocycles. The summed E-state index contributed by atoms with van der Waals surface area (Å²) in [6, 6.07) is 17.9. The molecule has 226 valence electrons. The van der Waals surface area contributed by atoms with Crippen molar-refractivity contribution in [3.05, 3.63) is 83.8 Å². The van der Waals surface area contributed by atoms with Gasteiger partial charge in [0.2, 0.25) is 15.9 Å². The maximum Gasteiger partial charge on any atom is 0.255 e. The fourth-order valence-electron chi connectivity index (χ4n) is 5.14. The maximum absolute atomic E-state index is 13.7. The number of nitrogens with zero attached hydrogens (tertiary/aromatic N) is 4. The van der Waals surface area contributed by atoms with E-state index in [-0.39, 0.29) is 34.2 Å². The number of ether oxygens (including phenoxy) is 1. The van der Waals surface area contributed by atoms with Gasteiger partial charge in [-0.25, -0.2) is 22.8 Å². The topological polar surface area (TPSA) is 154 Å². The molecule has 11 nitrogen and oxygen atoms in total. The first-order chi connectivity index (χ1) is 21.5. The van der Waals surface area contributed by atoms with E-state index < -0.39 is 21.7 Å². The van der Waals surface area contributed by atoms with Crippen molar-refractivity contribution >= 4 is 43.5 Å². The lowest BCUT2D eigenvalue weighted by Gasteiger charge is -2.20. The van der Waals surface area contributed by atoms with E-state index in [9.17, 15) is 22.9 Å². The number of sulfonamides is 1. The predicted octanol–water partition coefficient (Wildman–Crippen LogP) is 5.48. The third-order valence-corrected chi connectivity index (χ3v) is 8.64. The predicted molar refractivity (Wildman–Crippen MR) is 168 cm³/mol. The van der Waals surface area contributed by atoms with Gasteiger partial charge in [0.25, 0.3) is 5.91 Å². The number of H-pyrrole nitrogens is 1. The number of rotatable bonds is 7. The second-order valence-corrected chi connectivity index (χ2v) is 12.2. The summed E-state index contributed by atoms with van der Waals surface area (Å²) in [5, 5.41) is 13.3. The lowest BCUT2D eigenvalue weighted by atomic mass is 10.0. The Morgan fingerprint density at radius 1 is 1.16 bits per heavy atom. The Labute approximate surface area is 257 Å². The van der Waals surface area contributed by atoms with E-state index in [2.05, 4.69) is 21.4 Å². The van der Waals surface area contributed by atoms with Gasteiger partial charge in [0.15, 0.2) is 0 Å². The van der Waals surface area contributed by atoms with Crippen LogP contribution in [0, 0.1) is 17.1 Å². The van der Waals surface area contributed by atoms with Crippen LogP contribution in [0.2, 0.25) is 0 Å². The number of furan rings is 1. The summed E-state index contributed by atoms with van der Waals surface area (Å²) in [6.07, 6.45) is 2.50. The summed E-state index contributed by atoms with van der Waals surface area (Å²) in [4.78, 5) is 25.7. The zero-order valence-corrected chi connectivity index (χ0v) is 25.3. The third kappa shape index (κ3) is 5.11. The van der Waals surface area contributed by atoms with E-state index >= 15 is 0 Å². The summed E-state index contributed by atoms with van der Waals surface area (Å²) < 4.78 is 52.0. The SMILES string of the molecule is CNC(=O)c1c(-c2ccc(F)cc2)oc2cc(N(C)S(C)(=O)=O)c(-c3cnc(OC)c(-c4cc5cccc(C#N)c5[nH]4)n3)cc12. The molecule has 3 aromatic carbocycles. The van der Waals surface area contributed by atoms with Gasteiger partial charge in [-0.3, -0.25) is 9.10 Å². The van der Waals surface area contributed by atoms with Crippen molar-refractivity contribution in [2.45, 2.75) is 0 Å². The van der Waals surface area contributed by atoms with Crippen LogP contribution in [0.3, 0.4) is 0 Å². The number of benzene rings is 3. The van der Waals surface area contributed by atoms with Crippen molar-refractivity contribution in [2.24, 2.45) is 0 Å². The molecule has 0 atom stereocenters. The minimum Gasteiger partial charge on any atom is -0.479 e. The number of halogens is 1. The van der Waals surface area contributed by atoms with Gasteiger partial charge in [0, 0.05) is 42.1 Å².